The van der Waals surface area contributed by atoms with E-state index < -0.39 is 41.5 Å². The lowest BCUT2D eigenvalue weighted by atomic mass is 10.0. The maximum Gasteiger partial charge on any atom is 0.534 e. The Kier molecular flexibility index (Phi) is 10.9. The summed E-state index contributed by atoms with van der Waals surface area (Å²) in [5, 5.41) is 6.32. The molecule has 2 aromatic rings. The second-order valence-electron chi connectivity index (χ2n) is 7.60. The van der Waals surface area contributed by atoms with Gasteiger partial charge < -0.3 is 4.18 Å². The molecule has 0 radical (unpaired) electrons. The predicted octanol–water partition coefficient (Wildman–Crippen LogP) is 3.92. The molecule has 9 nitrogen and oxygen atoms in total. The lowest BCUT2D eigenvalue weighted by molar-refractivity contribution is -0.0500. The predicted molar refractivity (Wildman–Crippen MR) is 130 cm³/mol. The van der Waals surface area contributed by atoms with Crippen LogP contribution in [0.5, 0.6) is 5.75 Å². The molecule has 0 atom stereocenters. The van der Waals surface area contributed by atoms with Crippen LogP contribution in [0, 0.1) is 5.92 Å². The highest BCUT2D eigenvalue weighted by Crippen LogP contribution is 2.27. The minimum atomic E-state index is -5.75. The van der Waals surface area contributed by atoms with Crippen molar-refractivity contribution in [1.82, 2.24) is 0 Å². The van der Waals surface area contributed by atoms with Crippen LogP contribution < -0.4 is 9.32 Å². The van der Waals surface area contributed by atoms with E-state index in [1.807, 2.05) is 24.3 Å². The average molecular weight is 572 g/mol. The van der Waals surface area contributed by atoms with E-state index >= 15 is 0 Å². The van der Waals surface area contributed by atoms with Crippen LogP contribution in [0.1, 0.15) is 30.5 Å². The largest absolute Gasteiger partial charge is 0.534 e. The smallest absolute Gasteiger partial charge is 0.376 e. The second-order valence-corrected chi connectivity index (χ2v) is 11.9. The first-order chi connectivity index (χ1) is 16.3. The Hall–Kier alpha value is -2.72. The minimum Gasteiger partial charge on any atom is -0.376 e. The molecule has 2 aromatic carbocycles. The zero-order chi connectivity index (χ0) is 27.8. The van der Waals surface area contributed by atoms with Crippen molar-refractivity contribution >= 4 is 42.4 Å². The van der Waals surface area contributed by atoms with Gasteiger partial charge in [0.25, 0.3) is 10.1 Å². The van der Waals surface area contributed by atoms with E-state index in [4.69, 9.17) is 9.69 Å². The first-order valence-electron chi connectivity index (χ1n) is 9.83. The van der Waals surface area contributed by atoms with Gasteiger partial charge in [-0.2, -0.15) is 30.0 Å². The zero-order valence-electron chi connectivity index (χ0n) is 19.0. The maximum atomic E-state index is 12.0. The molecule has 0 unspecified atom stereocenters. The second kappa shape index (κ2) is 12.5. The lowest BCUT2D eigenvalue weighted by Crippen LogP contribution is -2.28. The average Bonchev–Trinajstić information content (AvgIpc) is 2.71. The quantitative estimate of drug-likeness (QED) is 0.274. The Balaban J connectivity index is 0.000000369. The number of hydrogen-bond donors (Lipinski definition) is 2. The lowest BCUT2D eigenvalue weighted by Gasteiger charge is -2.09. The van der Waals surface area contributed by atoms with Crippen LogP contribution in [-0.2, 0) is 36.7 Å². The first kappa shape index (κ1) is 31.3. The van der Waals surface area contributed by atoms with Gasteiger partial charge in [-0.15, -0.1) is 0 Å². The standard InChI is InChI=1S/C12H17NO2S.C9H7F3O6S2/c1-10(2)9-12-5-3-11(4-6-12)7-8-16(13,14)15;10-9(11,12)20(16,17)18-8-3-1-7(2-4-8)5-6-19(13,14)15/h3-8,10H,9H2,1-2H3,(H2,13,14,15);1-6H,(H,13,14,15). The summed E-state index contributed by atoms with van der Waals surface area (Å²) in [6.07, 6.45) is 3.48. The molecule has 0 saturated heterocycles. The van der Waals surface area contributed by atoms with Gasteiger partial charge in [-0.05, 0) is 53.3 Å². The van der Waals surface area contributed by atoms with Crippen LogP contribution in [0.15, 0.2) is 59.3 Å². The number of primary sulfonamides is 1. The van der Waals surface area contributed by atoms with Gasteiger partial charge in [0.1, 0.15) is 5.75 Å². The molecule has 0 aliphatic carbocycles. The van der Waals surface area contributed by atoms with Crippen LogP contribution in [0.2, 0.25) is 0 Å². The molecule has 0 bridgehead atoms. The Bertz CT molecular complexity index is 1380. The summed E-state index contributed by atoms with van der Waals surface area (Å²) in [5.74, 6) is 0.0251. The van der Waals surface area contributed by atoms with E-state index in [0.29, 0.717) is 11.3 Å². The maximum absolute atomic E-state index is 12.0. The zero-order valence-corrected chi connectivity index (χ0v) is 21.4. The molecule has 3 N–H and O–H groups in total. The fourth-order valence-corrected chi connectivity index (χ4v) is 3.52. The third kappa shape index (κ3) is 12.8. The fourth-order valence-electron chi connectivity index (χ4n) is 2.38. The van der Waals surface area contributed by atoms with Crippen LogP contribution >= 0.6 is 0 Å². The molecule has 0 aromatic heterocycles. The highest BCUT2D eigenvalue weighted by molar-refractivity contribution is 7.92. The van der Waals surface area contributed by atoms with Crippen molar-refractivity contribution in [3.8, 4) is 5.75 Å². The van der Waals surface area contributed by atoms with Gasteiger partial charge in [0.2, 0.25) is 10.0 Å². The molecule has 0 aliphatic rings. The molecule has 36 heavy (non-hydrogen) atoms. The molecule has 0 amide bonds. The van der Waals surface area contributed by atoms with Crippen LogP contribution in [0.4, 0.5) is 13.2 Å². The van der Waals surface area contributed by atoms with Gasteiger partial charge in [0.05, 0.1) is 5.41 Å². The summed E-state index contributed by atoms with van der Waals surface area (Å²) < 4.78 is 112. The molecule has 2 rings (SSSR count). The van der Waals surface area contributed by atoms with E-state index in [1.54, 1.807) is 0 Å². The summed E-state index contributed by atoms with van der Waals surface area (Å²) in [7, 11) is -13.6. The van der Waals surface area contributed by atoms with E-state index in [9.17, 15) is 38.4 Å². The molecular formula is C21H24F3NO8S3. The van der Waals surface area contributed by atoms with Gasteiger partial charge >= 0.3 is 15.6 Å². The van der Waals surface area contributed by atoms with Crippen LogP contribution in [-0.4, -0.2) is 35.3 Å². The Morgan fingerprint density at radius 2 is 1.31 bits per heavy atom. The SMILES string of the molecule is CC(C)Cc1ccc(C=CS(N)(=O)=O)cc1.O=S(=O)(O)C=Cc1ccc(OS(=O)(=O)C(F)(F)F)cc1. The molecule has 0 saturated carbocycles. The number of halogens is 3. The van der Waals surface area contributed by atoms with Gasteiger partial charge in [0.15, 0.2) is 0 Å². The number of hydrogen-bond acceptors (Lipinski definition) is 7. The normalized spacial score (nSPS) is 13.1. The summed E-state index contributed by atoms with van der Waals surface area (Å²) in [6.45, 7) is 4.32. The van der Waals surface area contributed by atoms with E-state index in [-0.39, 0.29) is 5.56 Å². The van der Waals surface area contributed by atoms with Crippen LogP contribution in [0.25, 0.3) is 12.2 Å². The summed E-state index contributed by atoms with van der Waals surface area (Å²) >= 11 is 0. The van der Waals surface area contributed by atoms with Gasteiger partial charge in [-0.3, -0.25) is 4.55 Å². The van der Waals surface area contributed by atoms with E-state index in [1.165, 1.54) is 11.6 Å². The summed E-state index contributed by atoms with van der Waals surface area (Å²) in [6, 6.07) is 11.8. The summed E-state index contributed by atoms with van der Waals surface area (Å²) in [4.78, 5) is 0. The molecular weight excluding hydrogens is 547 g/mol. The van der Waals surface area contributed by atoms with Gasteiger partial charge in [-0.25, -0.2) is 13.6 Å². The molecule has 0 spiro atoms. The Labute approximate surface area is 208 Å². The topological polar surface area (TPSA) is 158 Å². The summed E-state index contributed by atoms with van der Waals surface area (Å²) in [5.41, 5.74) is -3.26. The highest BCUT2D eigenvalue weighted by Gasteiger charge is 2.48. The van der Waals surface area contributed by atoms with E-state index in [2.05, 4.69) is 18.0 Å². The highest BCUT2D eigenvalue weighted by atomic mass is 32.2. The van der Waals surface area contributed by atoms with Crippen molar-refractivity contribution in [3.05, 3.63) is 76.0 Å². The third-order valence-electron chi connectivity index (χ3n) is 3.88. The fraction of sp³-hybridized carbons (Fsp3) is 0.238. The minimum absolute atomic E-state index is 0.194. The van der Waals surface area contributed by atoms with Gasteiger partial charge in [-0.1, -0.05) is 50.2 Å². The number of rotatable bonds is 8. The van der Waals surface area contributed by atoms with Crippen molar-refractivity contribution in [2.24, 2.45) is 11.1 Å². The number of alkyl halides is 3. The number of sulfonamides is 1. The van der Waals surface area contributed by atoms with Crippen molar-refractivity contribution in [1.29, 1.82) is 0 Å². The van der Waals surface area contributed by atoms with Crippen molar-refractivity contribution in [2.45, 2.75) is 25.8 Å². The molecule has 0 aliphatic heterocycles. The monoisotopic (exact) mass is 571 g/mol. The molecule has 0 heterocycles. The third-order valence-corrected chi connectivity index (χ3v) is 5.85. The van der Waals surface area contributed by atoms with E-state index in [0.717, 1.165) is 47.7 Å². The molecule has 200 valence electrons. The molecule has 0 fully saturated rings. The Morgan fingerprint density at radius 3 is 1.69 bits per heavy atom. The number of benzene rings is 2. The van der Waals surface area contributed by atoms with Crippen molar-refractivity contribution in [2.75, 3.05) is 0 Å². The Morgan fingerprint density at radius 1 is 0.861 bits per heavy atom. The first-order valence-corrected chi connectivity index (χ1v) is 14.4. The number of nitrogens with two attached hydrogens (primary N) is 1. The van der Waals surface area contributed by atoms with Crippen molar-refractivity contribution in [3.63, 3.8) is 0 Å². The van der Waals surface area contributed by atoms with Gasteiger partial charge in [0, 0.05) is 5.41 Å². The van der Waals surface area contributed by atoms with Crippen molar-refractivity contribution < 1.29 is 47.2 Å². The van der Waals surface area contributed by atoms with Crippen LogP contribution in [0.3, 0.4) is 0 Å². The molecule has 15 heteroatoms.